The van der Waals surface area contributed by atoms with Crippen LogP contribution in [0.15, 0.2) is 59.7 Å². The Hall–Kier alpha value is -3.15. The molecular formula is C19H19N3O3. The fourth-order valence-electron chi connectivity index (χ4n) is 2.09. The molecule has 0 radical (unpaired) electrons. The number of ether oxygens (including phenoxy) is 1. The molecule has 0 atom stereocenters. The number of hydrogen-bond acceptors (Lipinski definition) is 4. The molecule has 0 saturated heterocycles. The SMILES string of the molecule is O=C(NN=Cc1ccc(OCc2ccccc2)cc1)C(=O)NC1CC1. The first-order chi connectivity index (χ1) is 12.2. The van der Waals surface area contributed by atoms with Gasteiger partial charge >= 0.3 is 11.8 Å². The Kier molecular flexibility index (Phi) is 5.41. The van der Waals surface area contributed by atoms with Gasteiger partial charge < -0.3 is 10.1 Å². The molecule has 3 rings (SSSR count). The van der Waals surface area contributed by atoms with Gasteiger partial charge in [-0.2, -0.15) is 5.10 Å². The number of nitrogens with one attached hydrogen (secondary N) is 2. The number of amides is 2. The van der Waals surface area contributed by atoms with E-state index >= 15 is 0 Å². The van der Waals surface area contributed by atoms with Crippen LogP contribution in [0, 0.1) is 0 Å². The molecule has 128 valence electrons. The first-order valence-corrected chi connectivity index (χ1v) is 8.11. The molecule has 0 aliphatic heterocycles. The molecule has 2 aromatic rings. The molecule has 6 heteroatoms. The minimum absolute atomic E-state index is 0.144. The lowest BCUT2D eigenvalue weighted by Crippen LogP contribution is -2.38. The fraction of sp³-hybridized carbons (Fsp3) is 0.211. The summed E-state index contributed by atoms with van der Waals surface area (Å²) in [5, 5.41) is 6.38. The highest BCUT2D eigenvalue weighted by atomic mass is 16.5. The monoisotopic (exact) mass is 337 g/mol. The largest absolute Gasteiger partial charge is 0.489 e. The van der Waals surface area contributed by atoms with Crippen LogP contribution in [0.2, 0.25) is 0 Å². The lowest BCUT2D eigenvalue weighted by Gasteiger charge is -2.06. The van der Waals surface area contributed by atoms with E-state index < -0.39 is 11.8 Å². The molecular weight excluding hydrogens is 318 g/mol. The number of carbonyl (C=O) groups is 2. The van der Waals surface area contributed by atoms with Crippen molar-refractivity contribution in [1.82, 2.24) is 10.7 Å². The van der Waals surface area contributed by atoms with E-state index in [1.807, 2.05) is 54.6 Å². The molecule has 2 amide bonds. The molecule has 6 nitrogen and oxygen atoms in total. The van der Waals surface area contributed by atoms with Crippen molar-refractivity contribution in [3.05, 3.63) is 65.7 Å². The van der Waals surface area contributed by atoms with Crippen molar-refractivity contribution in [1.29, 1.82) is 0 Å². The molecule has 1 aliphatic carbocycles. The van der Waals surface area contributed by atoms with Crippen molar-refractivity contribution in [3.8, 4) is 5.75 Å². The van der Waals surface area contributed by atoms with Gasteiger partial charge in [0.2, 0.25) is 0 Å². The van der Waals surface area contributed by atoms with Crippen molar-refractivity contribution in [2.45, 2.75) is 25.5 Å². The Balaban J connectivity index is 1.45. The Morgan fingerprint density at radius 1 is 1.04 bits per heavy atom. The summed E-state index contributed by atoms with van der Waals surface area (Å²) in [6.07, 6.45) is 3.34. The highest BCUT2D eigenvalue weighted by molar-refractivity contribution is 6.35. The predicted octanol–water partition coefficient (Wildman–Crippen LogP) is 1.99. The Labute approximate surface area is 145 Å². The zero-order valence-electron chi connectivity index (χ0n) is 13.6. The second-order valence-corrected chi connectivity index (χ2v) is 5.79. The molecule has 1 aliphatic rings. The van der Waals surface area contributed by atoms with Crippen LogP contribution in [0.3, 0.4) is 0 Å². The minimum atomic E-state index is -0.758. The summed E-state index contributed by atoms with van der Waals surface area (Å²) in [6.45, 7) is 0.500. The molecule has 0 spiro atoms. The van der Waals surface area contributed by atoms with Gasteiger partial charge in [-0.1, -0.05) is 30.3 Å². The Morgan fingerprint density at radius 2 is 1.76 bits per heavy atom. The number of hydrogen-bond donors (Lipinski definition) is 2. The Bertz CT molecular complexity index is 753. The van der Waals surface area contributed by atoms with Crippen molar-refractivity contribution in [3.63, 3.8) is 0 Å². The molecule has 1 saturated carbocycles. The number of rotatable bonds is 6. The van der Waals surface area contributed by atoms with Gasteiger partial charge in [0.15, 0.2) is 0 Å². The van der Waals surface area contributed by atoms with Gasteiger partial charge in [0.1, 0.15) is 12.4 Å². The number of carbonyl (C=O) groups excluding carboxylic acids is 2. The third kappa shape index (κ3) is 5.46. The molecule has 2 aromatic carbocycles. The van der Waals surface area contributed by atoms with E-state index in [4.69, 9.17) is 4.74 Å². The maximum atomic E-state index is 11.5. The predicted molar refractivity (Wildman–Crippen MR) is 94.1 cm³/mol. The van der Waals surface area contributed by atoms with Crippen molar-refractivity contribution >= 4 is 18.0 Å². The highest BCUT2D eigenvalue weighted by Crippen LogP contribution is 2.18. The van der Waals surface area contributed by atoms with E-state index in [1.54, 1.807) is 0 Å². The van der Waals surface area contributed by atoms with E-state index in [9.17, 15) is 9.59 Å². The van der Waals surface area contributed by atoms with Crippen LogP contribution in [0.1, 0.15) is 24.0 Å². The van der Waals surface area contributed by atoms with Crippen LogP contribution in [-0.2, 0) is 16.2 Å². The van der Waals surface area contributed by atoms with Crippen LogP contribution in [0.4, 0.5) is 0 Å². The molecule has 0 unspecified atom stereocenters. The Morgan fingerprint density at radius 3 is 2.44 bits per heavy atom. The van der Waals surface area contributed by atoms with Gasteiger partial charge in [0, 0.05) is 6.04 Å². The molecule has 0 aromatic heterocycles. The lowest BCUT2D eigenvalue weighted by molar-refractivity contribution is -0.139. The summed E-state index contributed by atoms with van der Waals surface area (Å²) in [4.78, 5) is 23.0. The van der Waals surface area contributed by atoms with Crippen LogP contribution >= 0.6 is 0 Å². The zero-order valence-corrected chi connectivity index (χ0v) is 13.6. The van der Waals surface area contributed by atoms with E-state index in [1.165, 1.54) is 6.21 Å². The van der Waals surface area contributed by atoms with Gasteiger partial charge in [-0.15, -0.1) is 0 Å². The molecule has 25 heavy (non-hydrogen) atoms. The topological polar surface area (TPSA) is 79.8 Å². The van der Waals surface area contributed by atoms with Gasteiger partial charge in [-0.05, 0) is 48.2 Å². The summed E-state index contributed by atoms with van der Waals surface area (Å²) in [5.74, 6) is -0.663. The standard InChI is InChI=1S/C19H19N3O3/c23-18(21-16-8-9-16)19(24)22-20-12-14-6-10-17(11-7-14)25-13-15-4-2-1-3-5-15/h1-7,10-12,16H,8-9,13H2,(H,21,23)(H,22,24). The molecule has 1 fully saturated rings. The maximum absolute atomic E-state index is 11.5. The third-order valence-corrected chi connectivity index (χ3v) is 3.63. The minimum Gasteiger partial charge on any atom is -0.489 e. The highest BCUT2D eigenvalue weighted by Gasteiger charge is 2.26. The fourth-order valence-corrected chi connectivity index (χ4v) is 2.09. The van der Waals surface area contributed by atoms with E-state index in [2.05, 4.69) is 15.8 Å². The maximum Gasteiger partial charge on any atom is 0.329 e. The van der Waals surface area contributed by atoms with Crippen molar-refractivity contribution in [2.24, 2.45) is 5.10 Å². The van der Waals surface area contributed by atoms with Gasteiger partial charge in [-0.25, -0.2) is 5.43 Å². The molecule has 0 bridgehead atoms. The van der Waals surface area contributed by atoms with E-state index in [0.717, 1.165) is 29.7 Å². The van der Waals surface area contributed by atoms with Crippen LogP contribution in [0.5, 0.6) is 5.75 Å². The van der Waals surface area contributed by atoms with Crippen molar-refractivity contribution < 1.29 is 14.3 Å². The van der Waals surface area contributed by atoms with E-state index in [-0.39, 0.29) is 6.04 Å². The number of nitrogens with zero attached hydrogens (tertiary/aromatic N) is 1. The summed E-state index contributed by atoms with van der Waals surface area (Å²) < 4.78 is 5.70. The van der Waals surface area contributed by atoms with Gasteiger partial charge in [-0.3, -0.25) is 9.59 Å². The first kappa shape index (κ1) is 16.7. The average Bonchev–Trinajstić information content (AvgIpc) is 3.46. The molecule has 2 N–H and O–H groups in total. The van der Waals surface area contributed by atoms with E-state index in [0.29, 0.717) is 6.61 Å². The van der Waals surface area contributed by atoms with Crippen molar-refractivity contribution in [2.75, 3.05) is 0 Å². The average molecular weight is 337 g/mol. The van der Waals surface area contributed by atoms with Crippen LogP contribution in [-0.4, -0.2) is 24.1 Å². The summed E-state index contributed by atoms with van der Waals surface area (Å²) in [5.41, 5.74) is 4.10. The lowest BCUT2D eigenvalue weighted by atomic mass is 10.2. The molecule has 0 heterocycles. The first-order valence-electron chi connectivity index (χ1n) is 8.11. The smallest absolute Gasteiger partial charge is 0.329 e. The van der Waals surface area contributed by atoms with Crippen LogP contribution < -0.4 is 15.5 Å². The number of hydrazone groups is 1. The number of benzene rings is 2. The van der Waals surface area contributed by atoms with Gasteiger partial charge in [0.25, 0.3) is 0 Å². The normalized spacial score (nSPS) is 13.4. The quantitative estimate of drug-likeness (QED) is 0.481. The summed E-state index contributed by atoms with van der Waals surface area (Å²) in [7, 11) is 0. The van der Waals surface area contributed by atoms with Gasteiger partial charge in [0.05, 0.1) is 6.21 Å². The second-order valence-electron chi connectivity index (χ2n) is 5.79. The third-order valence-electron chi connectivity index (χ3n) is 3.63. The summed E-state index contributed by atoms with van der Waals surface area (Å²) in [6, 6.07) is 17.3. The zero-order chi connectivity index (χ0) is 17.5. The second kappa shape index (κ2) is 8.10. The van der Waals surface area contributed by atoms with Crippen LogP contribution in [0.25, 0.3) is 0 Å². The summed E-state index contributed by atoms with van der Waals surface area (Å²) >= 11 is 0.